The number of nitrogens with two attached hydrogens (primary N) is 1. The Bertz CT molecular complexity index is 780. The van der Waals surface area contributed by atoms with E-state index in [1.807, 2.05) is 24.3 Å². The Labute approximate surface area is 133 Å². The molecule has 0 spiro atoms. The van der Waals surface area contributed by atoms with Crippen LogP contribution in [-0.2, 0) is 9.59 Å². The van der Waals surface area contributed by atoms with Crippen molar-refractivity contribution in [2.45, 2.75) is 13.0 Å². The van der Waals surface area contributed by atoms with Gasteiger partial charge in [-0.3, -0.25) is 14.6 Å². The monoisotopic (exact) mass is 311 g/mol. The van der Waals surface area contributed by atoms with E-state index in [2.05, 4.69) is 4.99 Å². The van der Waals surface area contributed by atoms with Crippen LogP contribution in [0, 0.1) is 5.92 Å². The van der Waals surface area contributed by atoms with Crippen LogP contribution in [0.15, 0.2) is 52.3 Å². The Morgan fingerprint density at radius 2 is 2.09 bits per heavy atom. The number of rotatable bonds is 3. The van der Waals surface area contributed by atoms with Gasteiger partial charge >= 0.3 is 0 Å². The van der Waals surface area contributed by atoms with Crippen LogP contribution in [-0.4, -0.2) is 30.6 Å². The molecule has 2 aromatic rings. The van der Waals surface area contributed by atoms with Crippen LogP contribution in [0.2, 0.25) is 0 Å². The van der Waals surface area contributed by atoms with Gasteiger partial charge in [0.2, 0.25) is 5.91 Å². The van der Waals surface area contributed by atoms with Gasteiger partial charge in [-0.2, -0.15) is 0 Å². The van der Waals surface area contributed by atoms with Crippen molar-refractivity contribution in [1.82, 2.24) is 0 Å². The van der Waals surface area contributed by atoms with Gasteiger partial charge in [0.15, 0.2) is 0 Å². The minimum Gasteiger partial charge on any atom is -0.472 e. The fourth-order valence-corrected chi connectivity index (χ4v) is 2.66. The molecule has 2 atom stereocenters. The Morgan fingerprint density at radius 3 is 2.74 bits per heavy atom. The highest BCUT2D eigenvalue weighted by Gasteiger charge is 2.35. The van der Waals surface area contributed by atoms with Crippen LogP contribution >= 0.6 is 0 Å². The van der Waals surface area contributed by atoms with Gasteiger partial charge in [-0.15, -0.1) is 0 Å². The average molecular weight is 311 g/mol. The molecule has 1 aliphatic rings. The summed E-state index contributed by atoms with van der Waals surface area (Å²) in [5, 5.41) is 0. The number of benzodiazepines with no additional fused rings is 1. The summed E-state index contributed by atoms with van der Waals surface area (Å²) in [7, 11) is 1.68. The molecule has 3 rings (SSSR count). The molecular weight excluding hydrogens is 294 g/mol. The molecule has 6 nitrogen and oxygen atoms in total. The number of hydrogen-bond donors (Lipinski definition) is 1. The average Bonchev–Trinajstić information content (AvgIpc) is 3.05. The summed E-state index contributed by atoms with van der Waals surface area (Å²) in [6.07, 6.45) is 3.11. The number of furan rings is 1. The number of hydrogen-bond acceptors (Lipinski definition) is 4. The molecule has 6 heteroatoms. The Kier molecular flexibility index (Phi) is 3.73. The van der Waals surface area contributed by atoms with Crippen molar-refractivity contribution in [3.8, 4) is 0 Å². The van der Waals surface area contributed by atoms with E-state index < -0.39 is 17.9 Å². The zero-order valence-electron chi connectivity index (χ0n) is 12.9. The molecule has 118 valence electrons. The topological polar surface area (TPSA) is 88.9 Å². The van der Waals surface area contributed by atoms with Crippen molar-refractivity contribution in [1.29, 1.82) is 0 Å². The molecule has 2 N–H and O–H groups in total. The molecule has 1 aromatic heterocycles. The summed E-state index contributed by atoms with van der Waals surface area (Å²) in [5.41, 5.74) is 8.31. The summed E-state index contributed by atoms with van der Waals surface area (Å²) < 4.78 is 5.15. The number of para-hydroxylation sites is 1. The Morgan fingerprint density at radius 1 is 1.35 bits per heavy atom. The zero-order chi connectivity index (χ0) is 16.6. The summed E-state index contributed by atoms with van der Waals surface area (Å²) >= 11 is 0. The van der Waals surface area contributed by atoms with Gasteiger partial charge in [0.25, 0.3) is 5.91 Å². The third-order valence-corrected chi connectivity index (χ3v) is 4.09. The van der Waals surface area contributed by atoms with E-state index in [0.29, 0.717) is 5.71 Å². The lowest BCUT2D eigenvalue weighted by atomic mass is 10.00. The highest BCUT2D eigenvalue weighted by molar-refractivity contribution is 6.20. The van der Waals surface area contributed by atoms with Crippen molar-refractivity contribution in [3.05, 3.63) is 54.0 Å². The van der Waals surface area contributed by atoms with Gasteiger partial charge in [0.05, 0.1) is 29.8 Å². The molecule has 0 aliphatic carbocycles. The molecule has 0 radical (unpaired) electrons. The quantitative estimate of drug-likeness (QED) is 0.933. The highest BCUT2D eigenvalue weighted by atomic mass is 16.3. The van der Waals surface area contributed by atoms with E-state index in [1.54, 1.807) is 32.6 Å². The Hall–Kier alpha value is -2.89. The van der Waals surface area contributed by atoms with Gasteiger partial charge in [0.1, 0.15) is 6.04 Å². The largest absolute Gasteiger partial charge is 0.472 e. The molecule has 0 saturated heterocycles. The standard InChI is InChI=1S/C17H17N3O3/c1-10(16(18)21)14-17(22)20(2)13-6-4-3-5-12(13)15(19-14)11-7-8-23-9-11/h3-10,14H,1-2H3,(H2,18,21). The molecule has 2 unspecified atom stereocenters. The van der Waals surface area contributed by atoms with Gasteiger partial charge in [-0.1, -0.05) is 25.1 Å². The molecule has 2 amide bonds. The van der Waals surface area contributed by atoms with Crippen molar-refractivity contribution in [3.63, 3.8) is 0 Å². The number of amides is 2. The smallest absolute Gasteiger partial charge is 0.252 e. The number of fused-ring (bicyclic) bond motifs is 1. The van der Waals surface area contributed by atoms with Crippen molar-refractivity contribution in [2.75, 3.05) is 11.9 Å². The molecular formula is C17H17N3O3. The molecule has 0 bridgehead atoms. The predicted molar refractivity (Wildman–Crippen MR) is 86.3 cm³/mol. The van der Waals surface area contributed by atoms with Crippen LogP contribution in [0.25, 0.3) is 0 Å². The molecule has 1 aromatic carbocycles. The van der Waals surface area contributed by atoms with Gasteiger partial charge in [-0.05, 0) is 12.1 Å². The normalized spacial score (nSPS) is 18.9. The molecule has 2 heterocycles. The molecule has 1 aliphatic heterocycles. The number of benzene rings is 1. The maximum Gasteiger partial charge on any atom is 0.252 e. The molecule has 0 saturated carbocycles. The van der Waals surface area contributed by atoms with Gasteiger partial charge < -0.3 is 15.1 Å². The summed E-state index contributed by atoms with van der Waals surface area (Å²) in [4.78, 5) is 30.4. The minimum absolute atomic E-state index is 0.262. The second-order valence-corrected chi connectivity index (χ2v) is 5.54. The fourth-order valence-electron chi connectivity index (χ4n) is 2.66. The van der Waals surface area contributed by atoms with Crippen molar-refractivity contribution in [2.24, 2.45) is 16.6 Å². The molecule has 23 heavy (non-hydrogen) atoms. The number of aliphatic imine (C=N–C) groups is 1. The van der Waals surface area contributed by atoms with E-state index in [4.69, 9.17) is 10.2 Å². The number of nitrogens with zero attached hydrogens (tertiary/aromatic N) is 2. The van der Waals surface area contributed by atoms with E-state index in [0.717, 1.165) is 16.8 Å². The first-order chi connectivity index (χ1) is 11.0. The van der Waals surface area contributed by atoms with Crippen LogP contribution < -0.4 is 10.6 Å². The summed E-state index contributed by atoms with van der Waals surface area (Å²) in [6, 6.07) is 8.38. The van der Waals surface area contributed by atoms with E-state index in [9.17, 15) is 9.59 Å². The summed E-state index contributed by atoms with van der Waals surface area (Å²) in [6.45, 7) is 1.62. The van der Waals surface area contributed by atoms with Crippen molar-refractivity contribution >= 4 is 23.2 Å². The second-order valence-electron chi connectivity index (χ2n) is 5.54. The van der Waals surface area contributed by atoms with E-state index in [1.165, 1.54) is 4.90 Å². The number of carbonyl (C=O) groups excluding carboxylic acids is 2. The van der Waals surface area contributed by atoms with Gasteiger partial charge in [0, 0.05) is 18.2 Å². The maximum absolute atomic E-state index is 12.8. The zero-order valence-corrected chi connectivity index (χ0v) is 12.9. The minimum atomic E-state index is -0.866. The van der Waals surface area contributed by atoms with Crippen LogP contribution in [0.4, 0.5) is 5.69 Å². The number of carbonyl (C=O) groups is 2. The first kappa shape index (κ1) is 15.0. The third-order valence-electron chi connectivity index (χ3n) is 4.09. The van der Waals surface area contributed by atoms with E-state index in [-0.39, 0.29) is 5.91 Å². The SMILES string of the molecule is CC(C(N)=O)C1N=C(c2ccoc2)c2ccccc2N(C)C1=O. The van der Waals surface area contributed by atoms with Crippen LogP contribution in [0.5, 0.6) is 0 Å². The number of anilines is 1. The van der Waals surface area contributed by atoms with Crippen LogP contribution in [0.3, 0.4) is 0 Å². The lowest BCUT2D eigenvalue weighted by Gasteiger charge is -2.22. The second kappa shape index (κ2) is 5.72. The maximum atomic E-state index is 12.8. The first-order valence-electron chi connectivity index (χ1n) is 7.27. The van der Waals surface area contributed by atoms with Crippen molar-refractivity contribution < 1.29 is 14.0 Å². The summed E-state index contributed by atoms with van der Waals surface area (Å²) in [5.74, 6) is -1.53. The fraction of sp³-hybridized carbons (Fsp3) is 0.235. The number of primary amides is 1. The highest BCUT2D eigenvalue weighted by Crippen LogP contribution is 2.29. The Balaban J connectivity index is 2.22. The predicted octanol–water partition coefficient (Wildman–Crippen LogP) is 1.58. The van der Waals surface area contributed by atoms with Gasteiger partial charge in [-0.25, -0.2) is 0 Å². The third kappa shape index (κ3) is 2.52. The lowest BCUT2D eigenvalue weighted by Crippen LogP contribution is -2.42. The lowest BCUT2D eigenvalue weighted by molar-refractivity contribution is -0.127. The first-order valence-corrected chi connectivity index (χ1v) is 7.27. The van der Waals surface area contributed by atoms with E-state index >= 15 is 0 Å². The number of likely N-dealkylation sites (N-methyl/N-ethyl adjacent to an activating group) is 1. The van der Waals surface area contributed by atoms with Crippen LogP contribution in [0.1, 0.15) is 18.1 Å². The molecule has 0 fully saturated rings.